The van der Waals surface area contributed by atoms with Crippen LogP contribution in [0.1, 0.15) is 27.3 Å². The van der Waals surface area contributed by atoms with Gasteiger partial charge in [0, 0.05) is 23.9 Å². The Kier molecular flexibility index (Phi) is 4.03. The van der Waals surface area contributed by atoms with Crippen molar-refractivity contribution >= 4 is 11.9 Å². The molecule has 0 fully saturated rings. The van der Waals surface area contributed by atoms with Crippen LogP contribution in [0.3, 0.4) is 0 Å². The summed E-state index contributed by atoms with van der Waals surface area (Å²) in [5.74, 6) is 0.708. The second-order valence-corrected chi connectivity index (χ2v) is 4.63. The lowest BCUT2D eigenvalue weighted by Gasteiger charge is -2.00. The summed E-state index contributed by atoms with van der Waals surface area (Å²) in [5, 5.41) is 4.32. The Bertz CT molecular complexity index is 652. The molecule has 0 N–H and O–H groups in total. The molecule has 1 heterocycles. The van der Waals surface area contributed by atoms with E-state index < -0.39 is 0 Å². The number of carbonyl (C=O) groups is 1. The van der Waals surface area contributed by atoms with Gasteiger partial charge < -0.3 is 4.74 Å². The third-order valence-electron chi connectivity index (χ3n) is 3.34. The predicted molar refractivity (Wildman–Crippen MR) is 79.0 cm³/mol. The van der Waals surface area contributed by atoms with E-state index in [9.17, 15) is 4.79 Å². The third kappa shape index (κ3) is 2.79. The number of allylic oxidation sites excluding steroid dienone is 1. The average molecular weight is 270 g/mol. The van der Waals surface area contributed by atoms with Gasteiger partial charge in [-0.25, -0.2) is 0 Å². The number of ether oxygens (including phenoxy) is 1. The van der Waals surface area contributed by atoms with Crippen molar-refractivity contribution in [3.63, 3.8) is 0 Å². The second-order valence-electron chi connectivity index (χ2n) is 4.63. The van der Waals surface area contributed by atoms with Crippen LogP contribution in [-0.4, -0.2) is 22.7 Å². The monoisotopic (exact) mass is 270 g/mol. The molecule has 1 aromatic heterocycles. The molecular formula is C16H18N2O2. The molecule has 0 spiro atoms. The fourth-order valence-electron chi connectivity index (χ4n) is 2.04. The minimum Gasteiger partial charge on any atom is -0.497 e. The normalized spacial score (nSPS) is 11.0. The summed E-state index contributed by atoms with van der Waals surface area (Å²) in [4.78, 5) is 12.1. The lowest BCUT2D eigenvalue weighted by molar-refractivity contribution is 0.104. The zero-order valence-electron chi connectivity index (χ0n) is 12.2. The van der Waals surface area contributed by atoms with Crippen LogP contribution in [0.4, 0.5) is 0 Å². The van der Waals surface area contributed by atoms with Crippen molar-refractivity contribution in [2.24, 2.45) is 7.05 Å². The predicted octanol–water partition coefficient (Wildman–Crippen LogP) is 2.94. The van der Waals surface area contributed by atoms with Crippen LogP contribution in [-0.2, 0) is 7.05 Å². The number of hydrogen-bond acceptors (Lipinski definition) is 3. The first-order valence-corrected chi connectivity index (χ1v) is 6.39. The molecule has 2 rings (SSSR count). The Morgan fingerprint density at radius 3 is 2.40 bits per heavy atom. The molecule has 104 valence electrons. The molecule has 0 atom stereocenters. The van der Waals surface area contributed by atoms with Gasteiger partial charge in [-0.15, -0.1) is 0 Å². The van der Waals surface area contributed by atoms with Gasteiger partial charge in [0.25, 0.3) is 0 Å². The summed E-state index contributed by atoms with van der Waals surface area (Å²) in [6.45, 7) is 3.92. The van der Waals surface area contributed by atoms with E-state index in [1.165, 1.54) is 0 Å². The topological polar surface area (TPSA) is 44.1 Å². The van der Waals surface area contributed by atoms with Gasteiger partial charge in [-0.1, -0.05) is 0 Å². The molecule has 0 aliphatic rings. The van der Waals surface area contributed by atoms with E-state index in [0.29, 0.717) is 5.56 Å². The van der Waals surface area contributed by atoms with Gasteiger partial charge in [0.1, 0.15) is 5.75 Å². The van der Waals surface area contributed by atoms with Crippen LogP contribution in [0.25, 0.3) is 6.08 Å². The van der Waals surface area contributed by atoms with Crippen molar-refractivity contribution in [2.75, 3.05) is 7.11 Å². The number of nitrogens with zero attached hydrogens (tertiary/aromatic N) is 2. The number of rotatable bonds is 4. The first-order chi connectivity index (χ1) is 9.52. The van der Waals surface area contributed by atoms with Crippen LogP contribution in [0.2, 0.25) is 0 Å². The molecule has 4 nitrogen and oxygen atoms in total. The Hall–Kier alpha value is -2.36. The molecule has 0 aliphatic carbocycles. The van der Waals surface area contributed by atoms with Gasteiger partial charge in [-0.3, -0.25) is 9.48 Å². The first-order valence-electron chi connectivity index (χ1n) is 6.39. The highest BCUT2D eigenvalue weighted by Crippen LogP contribution is 2.15. The zero-order valence-corrected chi connectivity index (χ0v) is 12.2. The third-order valence-corrected chi connectivity index (χ3v) is 3.34. The number of ketones is 1. The molecule has 2 aromatic rings. The lowest BCUT2D eigenvalue weighted by Crippen LogP contribution is -1.95. The van der Waals surface area contributed by atoms with E-state index in [4.69, 9.17) is 4.74 Å². The maximum absolute atomic E-state index is 12.1. The van der Waals surface area contributed by atoms with E-state index in [0.717, 1.165) is 22.7 Å². The minimum atomic E-state index is -0.0321. The molecule has 0 unspecified atom stereocenters. The molecule has 0 aliphatic heterocycles. The van der Waals surface area contributed by atoms with E-state index in [1.807, 2.05) is 31.7 Å². The van der Waals surface area contributed by atoms with Gasteiger partial charge in [-0.05, 0) is 50.3 Å². The average Bonchev–Trinajstić information content (AvgIpc) is 2.70. The lowest BCUT2D eigenvalue weighted by atomic mass is 10.1. The highest BCUT2D eigenvalue weighted by molar-refractivity contribution is 6.06. The standard InChI is InChI=1S/C16H18N2O2/c1-11-15(12(2)18(3)17-11)9-10-16(19)13-5-7-14(20-4)8-6-13/h5-10H,1-4H3/b10-9+. The number of methoxy groups -OCH3 is 1. The SMILES string of the molecule is COc1ccc(C(=O)/C=C/c2c(C)nn(C)c2C)cc1. The summed E-state index contributed by atoms with van der Waals surface area (Å²) in [7, 11) is 3.50. The second kappa shape index (κ2) is 5.74. The molecule has 0 radical (unpaired) electrons. The number of aryl methyl sites for hydroxylation is 2. The van der Waals surface area contributed by atoms with Crippen LogP contribution < -0.4 is 4.74 Å². The van der Waals surface area contributed by atoms with Gasteiger partial charge in [-0.2, -0.15) is 5.10 Å². The largest absolute Gasteiger partial charge is 0.497 e. The van der Waals surface area contributed by atoms with Crippen LogP contribution in [0.5, 0.6) is 5.75 Å². The number of hydrogen-bond donors (Lipinski definition) is 0. The van der Waals surface area contributed by atoms with E-state index in [1.54, 1.807) is 37.5 Å². The highest BCUT2D eigenvalue weighted by atomic mass is 16.5. The van der Waals surface area contributed by atoms with E-state index in [2.05, 4.69) is 5.10 Å². The Balaban J connectivity index is 2.20. The van der Waals surface area contributed by atoms with Gasteiger partial charge >= 0.3 is 0 Å². The van der Waals surface area contributed by atoms with Gasteiger partial charge in [0.05, 0.1) is 12.8 Å². The Labute approximate surface area is 118 Å². The fraction of sp³-hybridized carbons (Fsp3) is 0.250. The van der Waals surface area contributed by atoms with Gasteiger partial charge in [0.2, 0.25) is 0 Å². The highest BCUT2D eigenvalue weighted by Gasteiger charge is 2.07. The molecule has 0 amide bonds. The van der Waals surface area contributed by atoms with Crippen molar-refractivity contribution in [2.45, 2.75) is 13.8 Å². The minimum absolute atomic E-state index is 0.0321. The fourth-order valence-corrected chi connectivity index (χ4v) is 2.04. The van der Waals surface area contributed by atoms with Crippen molar-refractivity contribution in [1.29, 1.82) is 0 Å². The molecule has 20 heavy (non-hydrogen) atoms. The van der Waals surface area contributed by atoms with Gasteiger partial charge in [0.15, 0.2) is 5.78 Å². The van der Waals surface area contributed by atoms with Crippen LogP contribution in [0, 0.1) is 13.8 Å². The van der Waals surface area contributed by atoms with Crippen molar-refractivity contribution in [3.05, 3.63) is 52.9 Å². The molecule has 4 heteroatoms. The zero-order chi connectivity index (χ0) is 14.7. The molecule has 0 saturated carbocycles. The first kappa shape index (κ1) is 14.1. The Morgan fingerprint density at radius 1 is 1.25 bits per heavy atom. The number of carbonyl (C=O) groups excluding carboxylic acids is 1. The molecule has 0 bridgehead atoms. The number of benzene rings is 1. The quantitative estimate of drug-likeness (QED) is 0.633. The van der Waals surface area contributed by atoms with Crippen LogP contribution >= 0.6 is 0 Å². The van der Waals surface area contributed by atoms with E-state index >= 15 is 0 Å². The maximum atomic E-state index is 12.1. The van der Waals surface area contributed by atoms with Crippen molar-refractivity contribution < 1.29 is 9.53 Å². The smallest absolute Gasteiger partial charge is 0.185 e. The molecule has 1 aromatic carbocycles. The summed E-state index contributed by atoms with van der Waals surface area (Å²) in [5.41, 5.74) is 3.60. The summed E-state index contributed by atoms with van der Waals surface area (Å²) < 4.78 is 6.88. The summed E-state index contributed by atoms with van der Waals surface area (Å²) in [6.07, 6.45) is 3.41. The van der Waals surface area contributed by atoms with Crippen molar-refractivity contribution in [1.82, 2.24) is 9.78 Å². The molecule has 0 saturated heterocycles. The Morgan fingerprint density at radius 2 is 1.90 bits per heavy atom. The molecular weight excluding hydrogens is 252 g/mol. The number of aromatic nitrogens is 2. The van der Waals surface area contributed by atoms with Crippen LogP contribution in [0.15, 0.2) is 30.3 Å². The van der Waals surface area contributed by atoms with Crippen molar-refractivity contribution in [3.8, 4) is 5.75 Å². The maximum Gasteiger partial charge on any atom is 0.185 e. The summed E-state index contributed by atoms with van der Waals surface area (Å²) in [6, 6.07) is 7.08. The summed E-state index contributed by atoms with van der Waals surface area (Å²) >= 11 is 0. The van der Waals surface area contributed by atoms with E-state index in [-0.39, 0.29) is 5.78 Å².